The van der Waals surface area contributed by atoms with Crippen molar-refractivity contribution in [3.63, 3.8) is 0 Å². The molecule has 8 heteroatoms. The first-order chi connectivity index (χ1) is 17.3. The number of hydrogen-bond donors (Lipinski definition) is 1. The summed E-state index contributed by atoms with van der Waals surface area (Å²) in [6.45, 7) is 11.5. The monoisotopic (exact) mass is 504 g/mol. The number of benzene rings is 1. The lowest BCUT2D eigenvalue weighted by Crippen LogP contribution is -2.46. The van der Waals surface area contributed by atoms with E-state index in [4.69, 9.17) is 23.7 Å². The molecule has 4 unspecified atom stereocenters. The molecule has 0 aromatic heterocycles. The molecule has 0 spiro atoms. The number of nitrogens with zero attached hydrogens (tertiary/aromatic N) is 1. The summed E-state index contributed by atoms with van der Waals surface area (Å²) in [7, 11) is 0. The van der Waals surface area contributed by atoms with Gasteiger partial charge in [0.25, 0.3) is 0 Å². The highest BCUT2D eigenvalue weighted by atomic mass is 16.9. The molecule has 1 aromatic rings. The van der Waals surface area contributed by atoms with Crippen LogP contribution < -0.4 is 5.32 Å². The topological polar surface area (TPSA) is 78.5 Å². The zero-order valence-electron chi connectivity index (χ0n) is 22.4. The maximum absolute atomic E-state index is 12.9. The van der Waals surface area contributed by atoms with E-state index in [1.54, 1.807) is 0 Å². The summed E-state index contributed by atoms with van der Waals surface area (Å²) in [5.41, 5.74) is 1.81. The number of anilines is 1. The molecule has 1 aromatic carbocycles. The highest BCUT2D eigenvalue weighted by Gasteiger charge is 2.66. The second kappa shape index (κ2) is 12.2. The van der Waals surface area contributed by atoms with Crippen LogP contribution in [0.1, 0.15) is 71.3 Å². The molecular weight excluding hydrogens is 460 g/mol. The Labute approximate surface area is 215 Å². The lowest BCUT2D eigenvalue weighted by molar-refractivity contribution is -0.278. The van der Waals surface area contributed by atoms with E-state index in [2.05, 4.69) is 17.1 Å². The highest BCUT2D eigenvalue weighted by Crippen LogP contribution is 2.47. The van der Waals surface area contributed by atoms with Crippen molar-refractivity contribution >= 4 is 11.8 Å². The van der Waals surface area contributed by atoms with E-state index in [-0.39, 0.29) is 12.7 Å². The predicted octanol–water partition coefficient (Wildman–Crippen LogP) is 5.24. The summed E-state index contributed by atoms with van der Waals surface area (Å²) >= 11 is 0. The van der Waals surface area contributed by atoms with Gasteiger partial charge in [0.15, 0.2) is 18.0 Å². The fourth-order valence-electron chi connectivity index (χ4n) is 5.39. The van der Waals surface area contributed by atoms with Gasteiger partial charge in [-0.15, -0.1) is 0 Å². The third-order valence-corrected chi connectivity index (χ3v) is 7.15. The molecule has 3 aliphatic heterocycles. The second-order valence-corrected chi connectivity index (χ2v) is 10.8. The van der Waals surface area contributed by atoms with E-state index in [0.29, 0.717) is 18.8 Å². The molecule has 3 heterocycles. The average molecular weight is 505 g/mol. The summed E-state index contributed by atoms with van der Waals surface area (Å²) in [6.07, 6.45) is 6.08. The smallest absolute Gasteiger partial charge is 0.412 e. The number of aryl methyl sites for hydroxylation is 1. The van der Waals surface area contributed by atoms with Crippen LogP contribution in [0.2, 0.25) is 0 Å². The first-order valence-electron chi connectivity index (χ1n) is 13.7. The summed E-state index contributed by atoms with van der Waals surface area (Å²) in [6, 6.07) is 7.62. The highest BCUT2D eigenvalue weighted by molar-refractivity contribution is 5.84. The quantitative estimate of drug-likeness (QED) is 0.390. The van der Waals surface area contributed by atoms with Crippen molar-refractivity contribution in [2.45, 2.75) is 103 Å². The first-order valence-corrected chi connectivity index (χ1v) is 13.7. The fourth-order valence-corrected chi connectivity index (χ4v) is 5.39. The number of ether oxygens (including phenoxy) is 5. The van der Waals surface area contributed by atoms with Crippen LogP contribution in [0, 0.1) is 6.92 Å². The van der Waals surface area contributed by atoms with E-state index in [1.165, 1.54) is 32.1 Å². The first kappa shape index (κ1) is 27.3. The van der Waals surface area contributed by atoms with Crippen molar-refractivity contribution in [3.8, 4) is 0 Å². The lowest BCUT2D eigenvalue weighted by Gasteiger charge is -2.30. The van der Waals surface area contributed by atoms with E-state index in [0.717, 1.165) is 31.5 Å². The molecule has 1 amide bonds. The van der Waals surface area contributed by atoms with Crippen molar-refractivity contribution in [1.29, 1.82) is 0 Å². The maximum Gasteiger partial charge on any atom is 0.412 e. The Bertz CT molecular complexity index is 841. The van der Waals surface area contributed by atoms with E-state index in [1.807, 2.05) is 45.0 Å². The van der Waals surface area contributed by atoms with Gasteiger partial charge in [-0.1, -0.05) is 50.3 Å². The number of fused-ring (bicyclic) bond motifs is 1. The predicted molar refractivity (Wildman–Crippen MR) is 138 cm³/mol. The minimum Gasteiger partial charge on any atom is -0.440 e. The molecule has 3 saturated heterocycles. The van der Waals surface area contributed by atoms with Crippen LogP contribution in [-0.2, 0) is 23.7 Å². The number of likely N-dealkylation sites (tertiary alicyclic amines) is 1. The number of nitrogens with one attached hydrogen (secondary N) is 1. The van der Waals surface area contributed by atoms with Crippen LogP contribution in [0.15, 0.2) is 24.3 Å². The molecule has 3 fully saturated rings. The molecule has 1 N–H and O–H groups in total. The molecule has 3 aliphatic rings. The number of unbranched alkanes of at least 4 members (excludes halogenated alkanes) is 4. The van der Waals surface area contributed by atoms with Gasteiger partial charge in [-0.3, -0.25) is 5.32 Å². The van der Waals surface area contributed by atoms with Crippen LogP contribution in [0.4, 0.5) is 10.5 Å². The van der Waals surface area contributed by atoms with Crippen LogP contribution >= 0.6 is 0 Å². The van der Waals surface area contributed by atoms with Gasteiger partial charge in [-0.25, -0.2) is 4.79 Å². The Morgan fingerprint density at radius 1 is 1.08 bits per heavy atom. The summed E-state index contributed by atoms with van der Waals surface area (Å²) in [5.74, 6) is -1.98. The zero-order chi connectivity index (χ0) is 25.6. The number of hydrogen-bond acceptors (Lipinski definition) is 7. The maximum atomic E-state index is 12.9. The van der Waals surface area contributed by atoms with Crippen molar-refractivity contribution in [2.24, 2.45) is 0 Å². The number of carbonyl (C=O) groups is 1. The van der Waals surface area contributed by atoms with Gasteiger partial charge in [-0.2, -0.15) is 0 Å². The van der Waals surface area contributed by atoms with Gasteiger partial charge in [0.1, 0.15) is 12.7 Å². The molecule has 8 nitrogen and oxygen atoms in total. The molecule has 0 radical (unpaired) electrons. The van der Waals surface area contributed by atoms with Crippen molar-refractivity contribution in [1.82, 2.24) is 4.90 Å². The molecule has 4 atom stereocenters. The number of carbonyl (C=O) groups excluding carboxylic acids is 1. The van der Waals surface area contributed by atoms with Gasteiger partial charge in [0.2, 0.25) is 5.79 Å². The van der Waals surface area contributed by atoms with Crippen LogP contribution in [0.5, 0.6) is 0 Å². The average Bonchev–Trinajstić information content (AvgIpc) is 3.49. The summed E-state index contributed by atoms with van der Waals surface area (Å²) < 4.78 is 31.3. The van der Waals surface area contributed by atoms with Crippen LogP contribution in [0.25, 0.3) is 0 Å². The molecule has 202 valence electrons. The summed E-state index contributed by atoms with van der Waals surface area (Å²) in [5, 5.41) is 2.84. The molecule has 36 heavy (non-hydrogen) atoms. The van der Waals surface area contributed by atoms with Crippen molar-refractivity contribution < 1.29 is 28.5 Å². The molecule has 0 saturated carbocycles. The fraction of sp³-hybridized carbons (Fsp3) is 0.750. The summed E-state index contributed by atoms with van der Waals surface area (Å²) in [4.78, 5) is 15.3. The third-order valence-electron chi connectivity index (χ3n) is 7.15. The number of amides is 1. The third kappa shape index (κ3) is 6.98. The largest absolute Gasteiger partial charge is 0.440 e. The molecular formula is C28H44N2O6. The Morgan fingerprint density at radius 2 is 1.81 bits per heavy atom. The van der Waals surface area contributed by atoms with Gasteiger partial charge in [-0.05, 0) is 65.3 Å². The minimum atomic E-state index is -1.11. The van der Waals surface area contributed by atoms with Crippen molar-refractivity contribution in [3.05, 3.63) is 29.8 Å². The van der Waals surface area contributed by atoms with Gasteiger partial charge in [0, 0.05) is 18.8 Å². The van der Waals surface area contributed by atoms with E-state index >= 15 is 0 Å². The lowest BCUT2D eigenvalue weighted by atomic mass is 10.0. The standard InChI is InChI=1S/C28H44N2O6/c1-5-6-7-8-11-18-32-20-28-25(35-27(3,4)36-28)24(23(34-28)19-30-16-9-10-17-30)33-26(31)29-22-14-12-21(2)13-15-22/h12-15,23-25H,5-11,16-20H2,1-4H3,(H,29,31). The molecule has 4 rings (SSSR count). The Morgan fingerprint density at radius 3 is 2.53 bits per heavy atom. The van der Waals surface area contributed by atoms with Crippen molar-refractivity contribution in [2.75, 3.05) is 38.2 Å². The SMILES string of the molecule is CCCCCCCOCC12OC(CN3CCCC3)C(OC(=O)Nc3ccc(C)cc3)C1OC(C)(C)O2. The second-order valence-electron chi connectivity index (χ2n) is 10.8. The Kier molecular flexibility index (Phi) is 9.28. The van der Waals surface area contributed by atoms with Gasteiger partial charge in [0.05, 0.1) is 0 Å². The van der Waals surface area contributed by atoms with Crippen LogP contribution in [0.3, 0.4) is 0 Å². The van der Waals surface area contributed by atoms with Crippen LogP contribution in [-0.4, -0.2) is 73.7 Å². The van der Waals surface area contributed by atoms with Gasteiger partial charge >= 0.3 is 6.09 Å². The molecule has 0 bridgehead atoms. The van der Waals surface area contributed by atoms with E-state index < -0.39 is 29.9 Å². The Hall–Kier alpha value is -1.71. The normalized spacial score (nSPS) is 29.4. The number of rotatable bonds is 12. The minimum absolute atomic E-state index is 0.241. The molecule has 0 aliphatic carbocycles. The van der Waals surface area contributed by atoms with E-state index in [9.17, 15) is 4.79 Å². The Balaban J connectivity index is 1.44. The zero-order valence-corrected chi connectivity index (χ0v) is 22.4. The van der Waals surface area contributed by atoms with Gasteiger partial charge < -0.3 is 28.6 Å².